The van der Waals surface area contributed by atoms with Crippen LogP contribution in [-0.2, 0) is 16.0 Å². The van der Waals surface area contributed by atoms with Gasteiger partial charge in [0.15, 0.2) is 5.78 Å². The van der Waals surface area contributed by atoms with Crippen LogP contribution in [0.2, 0.25) is 0 Å². The number of hydrogen-bond donors (Lipinski definition) is 0. The number of ketones is 1. The molecular weight excluding hydrogens is 350 g/mol. The molecule has 2 aromatic rings. The number of anilines is 1. The topological polar surface area (TPSA) is 46.6 Å². The van der Waals surface area contributed by atoms with Crippen molar-refractivity contribution in [2.75, 3.05) is 12.0 Å². The van der Waals surface area contributed by atoms with E-state index in [1.165, 1.54) is 5.56 Å². The van der Waals surface area contributed by atoms with Gasteiger partial charge in [-0.25, -0.2) is 0 Å². The van der Waals surface area contributed by atoms with E-state index in [4.69, 9.17) is 4.74 Å². The van der Waals surface area contributed by atoms with Crippen LogP contribution in [-0.4, -0.2) is 18.8 Å². The first-order chi connectivity index (χ1) is 13.6. The van der Waals surface area contributed by atoms with Crippen molar-refractivity contribution < 1.29 is 14.3 Å². The minimum absolute atomic E-state index is 0.0357. The van der Waals surface area contributed by atoms with E-state index in [1.807, 2.05) is 36.4 Å². The molecule has 0 bridgehead atoms. The van der Waals surface area contributed by atoms with E-state index in [0.29, 0.717) is 6.42 Å². The first kappa shape index (κ1) is 18.5. The van der Waals surface area contributed by atoms with Crippen molar-refractivity contribution in [3.05, 3.63) is 70.9 Å². The maximum atomic E-state index is 13.2. The van der Waals surface area contributed by atoms with Gasteiger partial charge in [-0.1, -0.05) is 37.3 Å². The lowest BCUT2D eigenvalue weighted by molar-refractivity contribution is -0.119. The fourth-order valence-corrected chi connectivity index (χ4v) is 4.39. The SMILES string of the molecule is CCc1ccc(N2C(=O)CC(c3ccccc3OC)C3=C2CCCC3=O)cc1. The number of benzene rings is 2. The van der Waals surface area contributed by atoms with Gasteiger partial charge in [-0.2, -0.15) is 0 Å². The molecule has 4 nitrogen and oxygen atoms in total. The fraction of sp³-hybridized carbons (Fsp3) is 0.333. The Morgan fingerprint density at radius 1 is 1.04 bits per heavy atom. The van der Waals surface area contributed by atoms with Crippen molar-refractivity contribution in [1.82, 2.24) is 0 Å². The quantitative estimate of drug-likeness (QED) is 0.772. The van der Waals surface area contributed by atoms with Gasteiger partial charge in [0.05, 0.1) is 7.11 Å². The Bertz CT molecular complexity index is 943. The minimum Gasteiger partial charge on any atom is -0.496 e. The molecular formula is C24H25NO3. The van der Waals surface area contributed by atoms with E-state index in [2.05, 4.69) is 19.1 Å². The predicted molar refractivity (Wildman–Crippen MR) is 110 cm³/mol. The molecule has 0 saturated carbocycles. The van der Waals surface area contributed by atoms with Gasteiger partial charge in [-0.05, 0) is 43.0 Å². The second kappa shape index (κ2) is 7.63. The molecule has 1 aliphatic carbocycles. The number of ether oxygens (including phenoxy) is 1. The van der Waals surface area contributed by atoms with Gasteiger partial charge >= 0.3 is 0 Å². The van der Waals surface area contributed by atoms with E-state index in [-0.39, 0.29) is 24.0 Å². The van der Waals surface area contributed by atoms with E-state index >= 15 is 0 Å². The zero-order valence-corrected chi connectivity index (χ0v) is 16.4. The largest absolute Gasteiger partial charge is 0.496 e. The molecule has 1 unspecified atom stereocenters. The molecule has 4 heteroatoms. The number of carbonyl (C=O) groups is 2. The molecule has 1 aliphatic heterocycles. The zero-order valence-electron chi connectivity index (χ0n) is 16.4. The maximum absolute atomic E-state index is 13.2. The van der Waals surface area contributed by atoms with Crippen LogP contribution in [0, 0.1) is 0 Å². The highest BCUT2D eigenvalue weighted by Crippen LogP contribution is 2.45. The zero-order chi connectivity index (χ0) is 19.7. The molecule has 144 valence electrons. The lowest BCUT2D eigenvalue weighted by Crippen LogP contribution is -2.40. The molecule has 0 fully saturated rings. The van der Waals surface area contributed by atoms with Gasteiger partial charge in [0.1, 0.15) is 5.75 Å². The van der Waals surface area contributed by atoms with Gasteiger partial charge in [0, 0.05) is 41.3 Å². The normalized spacial score (nSPS) is 19.6. The summed E-state index contributed by atoms with van der Waals surface area (Å²) >= 11 is 0. The second-order valence-corrected chi connectivity index (χ2v) is 7.38. The summed E-state index contributed by atoms with van der Waals surface area (Å²) in [6.07, 6.45) is 3.30. The number of Topliss-reactive ketones (excluding diaryl/α,β-unsaturated/α-hetero) is 1. The summed E-state index contributed by atoms with van der Waals surface area (Å²) in [6, 6.07) is 15.8. The van der Waals surface area contributed by atoms with Crippen LogP contribution in [0.3, 0.4) is 0 Å². The third kappa shape index (κ3) is 3.13. The molecule has 2 aromatic carbocycles. The van der Waals surface area contributed by atoms with Gasteiger partial charge < -0.3 is 4.74 Å². The Morgan fingerprint density at radius 2 is 1.79 bits per heavy atom. The van der Waals surface area contributed by atoms with Crippen molar-refractivity contribution in [2.45, 2.75) is 44.9 Å². The Kier molecular flexibility index (Phi) is 5.03. The first-order valence-corrected chi connectivity index (χ1v) is 9.95. The molecule has 0 saturated heterocycles. The molecule has 4 rings (SSSR count). The molecule has 1 heterocycles. The molecule has 1 atom stereocenters. The number of amides is 1. The van der Waals surface area contributed by atoms with Gasteiger partial charge in [0.25, 0.3) is 0 Å². The molecule has 28 heavy (non-hydrogen) atoms. The Hall–Kier alpha value is -2.88. The van der Waals surface area contributed by atoms with Crippen LogP contribution < -0.4 is 9.64 Å². The summed E-state index contributed by atoms with van der Waals surface area (Å²) in [5, 5.41) is 0. The second-order valence-electron chi connectivity index (χ2n) is 7.38. The Balaban J connectivity index is 1.84. The lowest BCUT2D eigenvalue weighted by Gasteiger charge is -2.38. The van der Waals surface area contributed by atoms with Crippen LogP contribution >= 0.6 is 0 Å². The van der Waals surface area contributed by atoms with Crippen molar-refractivity contribution in [3.8, 4) is 5.75 Å². The summed E-state index contributed by atoms with van der Waals surface area (Å²) in [5.41, 5.74) is 4.65. The van der Waals surface area contributed by atoms with Crippen molar-refractivity contribution in [1.29, 1.82) is 0 Å². The number of carbonyl (C=O) groups excluding carboxylic acids is 2. The summed E-state index contributed by atoms with van der Waals surface area (Å²) in [4.78, 5) is 28.0. The van der Waals surface area contributed by atoms with Crippen molar-refractivity contribution >= 4 is 17.4 Å². The standard InChI is InChI=1S/C24H25NO3/c1-3-16-11-13-17(14-12-16)25-20-8-6-9-21(26)24(20)19(15-23(25)27)18-7-4-5-10-22(18)28-2/h4-5,7,10-14,19H,3,6,8-9,15H2,1-2H3. The van der Waals surface area contributed by atoms with Crippen LogP contribution in [0.5, 0.6) is 5.75 Å². The highest BCUT2D eigenvalue weighted by molar-refractivity contribution is 6.07. The highest BCUT2D eigenvalue weighted by Gasteiger charge is 2.40. The third-order valence-electron chi connectivity index (χ3n) is 5.79. The number of allylic oxidation sites excluding steroid dienone is 2. The Morgan fingerprint density at radius 3 is 2.50 bits per heavy atom. The number of hydrogen-bond acceptors (Lipinski definition) is 3. The van der Waals surface area contributed by atoms with Gasteiger partial charge in [0.2, 0.25) is 5.91 Å². The molecule has 2 aliphatic rings. The van der Waals surface area contributed by atoms with Gasteiger partial charge in [-0.15, -0.1) is 0 Å². The first-order valence-electron chi connectivity index (χ1n) is 9.95. The molecule has 1 amide bonds. The predicted octanol–water partition coefficient (Wildman–Crippen LogP) is 4.79. The van der Waals surface area contributed by atoms with E-state index < -0.39 is 0 Å². The number of aryl methyl sites for hydroxylation is 1. The Labute approximate surface area is 165 Å². The summed E-state index contributed by atoms with van der Waals surface area (Å²) < 4.78 is 5.53. The highest BCUT2D eigenvalue weighted by atomic mass is 16.5. The van der Waals surface area contributed by atoms with E-state index in [1.54, 1.807) is 12.0 Å². The average molecular weight is 375 g/mol. The van der Waals surface area contributed by atoms with Gasteiger partial charge in [-0.3, -0.25) is 14.5 Å². The average Bonchev–Trinajstić information content (AvgIpc) is 2.73. The van der Waals surface area contributed by atoms with Crippen LogP contribution in [0.4, 0.5) is 5.69 Å². The summed E-state index contributed by atoms with van der Waals surface area (Å²) in [6.45, 7) is 2.11. The summed E-state index contributed by atoms with van der Waals surface area (Å²) in [7, 11) is 1.63. The number of nitrogens with zero attached hydrogens (tertiary/aromatic N) is 1. The number of para-hydroxylation sites is 1. The third-order valence-corrected chi connectivity index (χ3v) is 5.79. The summed E-state index contributed by atoms with van der Waals surface area (Å²) in [5.74, 6) is 0.678. The van der Waals surface area contributed by atoms with Crippen molar-refractivity contribution in [2.24, 2.45) is 0 Å². The molecule has 0 N–H and O–H groups in total. The maximum Gasteiger partial charge on any atom is 0.232 e. The minimum atomic E-state index is -0.238. The number of rotatable bonds is 4. The fourth-order valence-electron chi connectivity index (χ4n) is 4.39. The van der Waals surface area contributed by atoms with Crippen LogP contribution in [0.1, 0.15) is 49.7 Å². The monoisotopic (exact) mass is 375 g/mol. The van der Waals surface area contributed by atoms with Crippen molar-refractivity contribution in [3.63, 3.8) is 0 Å². The van der Waals surface area contributed by atoms with Crippen LogP contribution in [0.15, 0.2) is 59.8 Å². The molecule has 0 radical (unpaired) electrons. The van der Waals surface area contributed by atoms with E-state index in [9.17, 15) is 9.59 Å². The smallest absolute Gasteiger partial charge is 0.232 e. The molecule has 0 spiro atoms. The van der Waals surface area contributed by atoms with E-state index in [0.717, 1.165) is 47.5 Å². The molecule has 0 aromatic heterocycles. The lowest BCUT2D eigenvalue weighted by atomic mass is 9.77. The number of methoxy groups -OCH3 is 1. The van der Waals surface area contributed by atoms with Crippen LogP contribution in [0.25, 0.3) is 0 Å².